The molecule has 0 bridgehead atoms. The highest BCUT2D eigenvalue weighted by atomic mass is 35.5. The molecule has 0 aromatic heterocycles. The van der Waals surface area contributed by atoms with E-state index < -0.39 is 0 Å². The molecule has 3 heteroatoms. The van der Waals surface area contributed by atoms with Crippen LogP contribution in [0.15, 0.2) is 4.99 Å². The summed E-state index contributed by atoms with van der Waals surface area (Å²) in [4.78, 5) is 6.40. The van der Waals surface area contributed by atoms with Gasteiger partial charge in [-0.05, 0) is 12.8 Å². The van der Waals surface area contributed by atoms with Gasteiger partial charge < -0.3 is 4.90 Å². The SMILES string of the molecule is ClCCCN1C=NCCC1. The zero-order valence-electron chi connectivity index (χ0n) is 6.09. The van der Waals surface area contributed by atoms with Crippen LogP contribution in [0.4, 0.5) is 0 Å². The Hall–Kier alpha value is -0.240. The van der Waals surface area contributed by atoms with E-state index in [1.807, 2.05) is 6.34 Å². The number of halogens is 1. The second-order valence-electron chi connectivity index (χ2n) is 2.45. The average molecular weight is 161 g/mol. The first kappa shape index (κ1) is 7.86. The first-order valence-corrected chi connectivity index (χ1v) is 4.27. The fourth-order valence-electron chi connectivity index (χ4n) is 1.03. The van der Waals surface area contributed by atoms with Gasteiger partial charge in [0.05, 0.1) is 6.34 Å². The fourth-order valence-corrected chi connectivity index (χ4v) is 1.15. The van der Waals surface area contributed by atoms with Gasteiger partial charge in [-0.15, -0.1) is 11.6 Å². The van der Waals surface area contributed by atoms with E-state index in [-0.39, 0.29) is 0 Å². The molecule has 1 aliphatic heterocycles. The number of nitrogens with zero attached hydrogens (tertiary/aromatic N) is 2. The van der Waals surface area contributed by atoms with Crippen LogP contribution in [0.5, 0.6) is 0 Å². The molecule has 0 unspecified atom stereocenters. The summed E-state index contributed by atoms with van der Waals surface area (Å²) < 4.78 is 0. The predicted octanol–water partition coefficient (Wildman–Crippen LogP) is 1.35. The van der Waals surface area contributed by atoms with Gasteiger partial charge in [0.25, 0.3) is 0 Å². The van der Waals surface area contributed by atoms with Crippen LogP contribution in [0.3, 0.4) is 0 Å². The van der Waals surface area contributed by atoms with Crippen molar-refractivity contribution in [2.45, 2.75) is 12.8 Å². The molecular formula is C7H13ClN2. The van der Waals surface area contributed by atoms with Crippen molar-refractivity contribution < 1.29 is 0 Å². The van der Waals surface area contributed by atoms with E-state index in [0.29, 0.717) is 0 Å². The van der Waals surface area contributed by atoms with E-state index in [2.05, 4.69) is 9.89 Å². The van der Waals surface area contributed by atoms with Crippen LogP contribution < -0.4 is 0 Å². The minimum absolute atomic E-state index is 0.754. The second-order valence-corrected chi connectivity index (χ2v) is 2.83. The Labute approximate surface area is 66.9 Å². The smallest absolute Gasteiger partial charge is 0.0849 e. The van der Waals surface area contributed by atoms with Crippen molar-refractivity contribution in [2.75, 3.05) is 25.5 Å². The summed E-state index contributed by atoms with van der Waals surface area (Å²) in [7, 11) is 0. The van der Waals surface area contributed by atoms with Gasteiger partial charge in [0, 0.05) is 25.5 Å². The average Bonchev–Trinajstić information content (AvgIpc) is 2.03. The Kier molecular flexibility index (Phi) is 3.58. The van der Waals surface area contributed by atoms with E-state index >= 15 is 0 Å². The number of rotatable bonds is 3. The van der Waals surface area contributed by atoms with Crippen LogP contribution in [0.25, 0.3) is 0 Å². The maximum Gasteiger partial charge on any atom is 0.0849 e. The van der Waals surface area contributed by atoms with Crippen LogP contribution >= 0.6 is 11.6 Å². The Morgan fingerprint density at radius 3 is 3.10 bits per heavy atom. The molecule has 10 heavy (non-hydrogen) atoms. The van der Waals surface area contributed by atoms with Crippen molar-refractivity contribution in [3.05, 3.63) is 0 Å². The third kappa shape index (κ3) is 2.56. The molecule has 2 nitrogen and oxygen atoms in total. The summed E-state index contributed by atoms with van der Waals surface area (Å²) in [6.07, 6.45) is 4.20. The number of hydrogen-bond donors (Lipinski definition) is 0. The molecule has 1 heterocycles. The quantitative estimate of drug-likeness (QED) is 0.570. The lowest BCUT2D eigenvalue weighted by Crippen LogP contribution is -2.28. The van der Waals surface area contributed by atoms with E-state index in [0.717, 1.165) is 31.9 Å². The fraction of sp³-hybridized carbons (Fsp3) is 0.857. The third-order valence-electron chi connectivity index (χ3n) is 1.56. The molecule has 0 aromatic rings. The highest BCUT2D eigenvalue weighted by Gasteiger charge is 2.01. The molecule has 1 rings (SSSR count). The Morgan fingerprint density at radius 2 is 2.50 bits per heavy atom. The van der Waals surface area contributed by atoms with Gasteiger partial charge in [-0.2, -0.15) is 0 Å². The van der Waals surface area contributed by atoms with Gasteiger partial charge in [-0.1, -0.05) is 0 Å². The summed E-state index contributed by atoms with van der Waals surface area (Å²) in [5.74, 6) is 0.754. The normalized spacial score (nSPS) is 17.9. The van der Waals surface area contributed by atoms with Gasteiger partial charge in [0.15, 0.2) is 0 Å². The summed E-state index contributed by atoms with van der Waals surface area (Å²) in [5.41, 5.74) is 0. The zero-order chi connectivity index (χ0) is 7.23. The summed E-state index contributed by atoms with van der Waals surface area (Å²) in [6, 6.07) is 0. The minimum Gasteiger partial charge on any atom is -0.363 e. The largest absolute Gasteiger partial charge is 0.363 e. The highest BCUT2D eigenvalue weighted by Crippen LogP contribution is 1.97. The van der Waals surface area contributed by atoms with Crippen molar-refractivity contribution in [1.82, 2.24) is 4.90 Å². The van der Waals surface area contributed by atoms with Crippen molar-refractivity contribution >= 4 is 17.9 Å². The lowest BCUT2D eigenvalue weighted by molar-refractivity contribution is 0.407. The van der Waals surface area contributed by atoms with E-state index in [9.17, 15) is 0 Å². The maximum absolute atomic E-state index is 5.55. The molecule has 0 spiro atoms. The zero-order valence-corrected chi connectivity index (χ0v) is 6.85. The molecule has 58 valence electrons. The number of alkyl halides is 1. The maximum atomic E-state index is 5.55. The molecule has 0 aromatic carbocycles. The predicted molar refractivity (Wildman–Crippen MR) is 44.9 cm³/mol. The summed E-state index contributed by atoms with van der Waals surface area (Å²) in [5, 5.41) is 0. The van der Waals surface area contributed by atoms with E-state index in [1.54, 1.807) is 0 Å². The van der Waals surface area contributed by atoms with Crippen LogP contribution in [0, 0.1) is 0 Å². The molecule has 0 radical (unpaired) electrons. The topological polar surface area (TPSA) is 15.6 Å². The van der Waals surface area contributed by atoms with Crippen LogP contribution in [-0.2, 0) is 0 Å². The lowest BCUT2D eigenvalue weighted by atomic mass is 10.3. The van der Waals surface area contributed by atoms with Crippen molar-refractivity contribution in [2.24, 2.45) is 4.99 Å². The number of aliphatic imine (C=N–C) groups is 1. The third-order valence-corrected chi connectivity index (χ3v) is 1.82. The molecule has 0 amide bonds. The van der Waals surface area contributed by atoms with Gasteiger partial charge in [-0.3, -0.25) is 4.99 Å². The van der Waals surface area contributed by atoms with Crippen LogP contribution in [0.2, 0.25) is 0 Å². The first-order valence-electron chi connectivity index (χ1n) is 3.73. The Morgan fingerprint density at radius 1 is 1.60 bits per heavy atom. The van der Waals surface area contributed by atoms with E-state index in [4.69, 9.17) is 11.6 Å². The molecule has 1 aliphatic rings. The lowest BCUT2D eigenvalue weighted by Gasteiger charge is -2.21. The minimum atomic E-state index is 0.754. The van der Waals surface area contributed by atoms with Crippen LogP contribution in [0.1, 0.15) is 12.8 Å². The Bertz CT molecular complexity index is 114. The molecule has 0 saturated carbocycles. The van der Waals surface area contributed by atoms with Crippen LogP contribution in [-0.4, -0.2) is 36.8 Å². The molecule has 0 N–H and O–H groups in total. The van der Waals surface area contributed by atoms with Gasteiger partial charge >= 0.3 is 0 Å². The standard InChI is InChI=1S/C7H13ClN2/c8-3-1-5-10-6-2-4-9-7-10/h7H,1-6H2. The Balaban J connectivity index is 2.13. The monoisotopic (exact) mass is 160 g/mol. The van der Waals surface area contributed by atoms with Gasteiger partial charge in [0.2, 0.25) is 0 Å². The molecule has 0 atom stereocenters. The molecule has 0 aliphatic carbocycles. The van der Waals surface area contributed by atoms with Crippen molar-refractivity contribution in [3.8, 4) is 0 Å². The second kappa shape index (κ2) is 4.56. The van der Waals surface area contributed by atoms with E-state index in [1.165, 1.54) is 6.42 Å². The van der Waals surface area contributed by atoms with Gasteiger partial charge in [0.1, 0.15) is 0 Å². The molecule has 0 fully saturated rings. The van der Waals surface area contributed by atoms with Crippen molar-refractivity contribution in [1.29, 1.82) is 0 Å². The molecule has 0 saturated heterocycles. The van der Waals surface area contributed by atoms with Crippen molar-refractivity contribution in [3.63, 3.8) is 0 Å². The summed E-state index contributed by atoms with van der Waals surface area (Å²) in [6.45, 7) is 3.21. The number of hydrogen-bond acceptors (Lipinski definition) is 2. The highest BCUT2D eigenvalue weighted by molar-refractivity contribution is 6.17. The summed E-state index contributed by atoms with van der Waals surface area (Å²) >= 11 is 5.55. The molecular weight excluding hydrogens is 148 g/mol. The first-order chi connectivity index (χ1) is 4.93. The van der Waals surface area contributed by atoms with Gasteiger partial charge in [-0.25, -0.2) is 0 Å².